The summed E-state index contributed by atoms with van der Waals surface area (Å²) in [6, 6.07) is 13.0. The van der Waals surface area contributed by atoms with Gasteiger partial charge < -0.3 is 9.84 Å². The number of rotatable bonds is 3. The summed E-state index contributed by atoms with van der Waals surface area (Å²) < 4.78 is 5.50. The van der Waals surface area contributed by atoms with Gasteiger partial charge in [-0.1, -0.05) is 24.3 Å². The van der Waals surface area contributed by atoms with Gasteiger partial charge in [0.05, 0.1) is 18.7 Å². The number of benzene rings is 2. The summed E-state index contributed by atoms with van der Waals surface area (Å²) in [5.74, 6) is 0.683. The van der Waals surface area contributed by atoms with Gasteiger partial charge in [0, 0.05) is 5.56 Å². The second-order valence-electron chi connectivity index (χ2n) is 5.35. The first-order chi connectivity index (χ1) is 9.91. The van der Waals surface area contributed by atoms with Gasteiger partial charge in [-0.05, 0) is 49.6 Å². The minimum atomic E-state index is -1.23. The van der Waals surface area contributed by atoms with Crippen LogP contribution in [-0.4, -0.2) is 12.2 Å². The van der Waals surface area contributed by atoms with Gasteiger partial charge in [-0.2, -0.15) is 5.26 Å². The molecule has 3 heteroatoms. The maximum absolute atomic E-state index is 11.0. The highest BCUT2D eigenvalue weighted by atomic mass is 16.5. The van der Waals surface area contributed by atoms with Crippen LogP contribution in [0, 0.1) is 25.2 Å². The minimum Gasteiger partial charge on any atom is -0.496 e. The van der Waals surface area contributed by atoms with E-state index in [1.165, 1.54) is 0 Å². The van der Waals surface area contributed by atoms with Crippen LogP contribution >= 0.6 is 0 Å². The number of hydrogen-bond donors (Lipinski definition) is 1. The molecule has 2 rings (SSSR count). The second kappa shape index (κ2) is 5.59. The Hall–Kier alpha value is -2.31. The molecule has 0 spiro atoms. The summed E-state index contributed by atoms with van der Waals surface area (Å²) in [5, 5.41) is 20.0. The molecule has 0 radical (unpaired) electrons. The molecule has 2 aromatic carbocycles. The van der Waals surface area contributed by atoms with Crippen molar-refractivity contribution in [3.8, 4) is 11.8 Å². The fourth-order valence-corrected chi connectivity index (χ4v) is 2.48. The third-order valence-electron chi connectivity index (χ3n) is 3.96. The SMILES string of the molecule is COc1c(C(C)(O)c2cccc(C#N)c2)ccc(C)c1C. The summed E-state index contributed by atoms with van der Waals surface area (Å²) in [6.45, 7) is 5.70. The molecule has 2 aromatic rings. The molecule has 1 unspecified atom stereocenters. The zero-order chi connectivity index (χ0) is 15.6. The monoisotopic (exact) mass is 281 g/mol. The van der Waals surface area contributed by atoms with Crippen molar-refractivity contribution in [2.24, 2.45) is 0 Å². The Morgan fingerprint density at radius 2 is 1.90 bits per heavy atom. The van der Waals surface area contributed by atoms with Gasteiger partial charge >= 0.3 is 0 Å². The van der Waals surface area contributed by atoms with Gasteiger partial charge in [0.15, 0.2) is 0 Å². The number of nitriles is 1. The van der Waals surface area contributed by atoms with E-state index >= 15 is 0 Å². The smallest absolute Gasteiger partial charge is 0.128 e. The van der Waals surface area contributed by atoms with E-state index in [9.17, 15) is 5.11 Å². The lowest BCUT2D eigenvalue weighted by atomic mass is 9.85. The van der Waals surface area contributed by atoms with E-state index < -0.39 is 5.60 Å². The molecule has 0 amide bonds. The Balaban J connectivity index is 2.64. The fraction of sp³-hybridized carbons (Fsp3) is 0.278. The molecule has 0 aliphatic heterocycles. The summed E-state index contributed by atoms with van der Waals surface area (Å²) in [6.07, 6.45) is 0. The average Bonchev–Trinajstić information content (AvgIpc) is 2.49. The van der Waals surface area contributed by atoms with Gasteiger partial charge in [-0.15, -0.1) is 0 Å². The van der Waals surface area contributed by atoms with E-state index in [4.69, 9.17) is 10.00 Å². The molecule has 0 bridgehead atoms. The fourth-order valence-electron chi connectivity index (χ4n) is 2.48. The van der Waals surface area contributed by atoms with Crippen molar-refractivity contribution >= 4 is 0 Å². The van der Waals surface area contributed by atoms with E-state index in [2.05, 4.69) is 6.07 Å². The highest BCUT2D eigenvalue weighted by Gasteiger charge is 2.30. The Bertz CT molecular complexity index is 712. The van der Waals surface area contributed by atoms with Crippen molar-refractivity contribution in [1.82, 2.24) is 0 Å². The molecule has 1 N–H and O–H groups in total. The van der Waals surface area contributed by atoms with Crippen LogP contribution in [0.15, 0.2) is 36.4 Å². The molecule has 1 atom stereocenters. The number of aryl methyl sites for hydroxylation is 1. The van der Waals surface area contributed by atoms with Gasteiger partial charge in [-0.25, -0.2) is 0 Å². The lowest BCUT2D eigenvalue weighted by molar-refractivity contribution is 0.0988. The predicted molar refractivity (Wildman–Crippen MR) is 82.3 cm³/mol. The molecule has 108 valence electrons. The molecular weight excluding hydrogens is 262 g/mol. The Morgan fingerprint density at radius 3 is 2.52 bits per heavy atom. The van der Waals surface area contributed by atoms with Crippen molar-refractivity contribution in [2.45, 2.75) is 26.4 Å². The first-order valence-corrected chi connectivity index (χ1v) is 6.79. The normalized spacial score (nSPS) is 13.3. The molecular formula is C18H19NO2. The van der Waals surface area contributed by atoms with Gasteiger partial charge in [0.25, 0.3) is 0 Å². The summed E-state index contributed by atoms with van der Waals surface area (Å²) in [5.41, 5.74) is 2.78. The number of aliphatic hydroxyl groups is 1. The van der Waals surface area contributed by atoms with Gasteiger partial charge in [0.1, 0.15) is 11.4 Å². The molecule has 21 heavy (non-hydrogen) atoms. The Labute approximate surface area is 125 Å². The molecule has 0 fully saturated rings. The van der Waals surface area contributed by atoms with Crippen LogP contribution in [0.25, 0.3) is 0 Å². The summed E-state index contributed by atoms with van der Waals surface area (Å²) in [7, 11) is 1.60. The first kappa shape index (κ1) is 15.1. The number of methoxy groups -OCH3 is 1. The highest BCUT2D eigenvalue weighted by molar-refractivity contribution is 5.52. The Morgan fingerprint density at radius 1 is 1.19 bits per heavy atom. The maximum Gasteiger partial charge on any atom is 0.128 e. The molecule has 0 heterocycles. The van der Waals surface area contributed by atoms with Crippen molar-refractivity contribution in [2.75, 3.05) is 7.11 Å². The lowest BCUT2D eigenvalue weighted by Crippen LogP contribution is -2.24. The quantitative estimate of drug-likeness (QED) is 0.937. The topological polar surface area (TPSA) is 53.2 Å². The van der Waals surface area contributed by atoms with Crippen LogP contribution in [0.1, 0.15) is 34.7 Å². The third-order valence-corrected chi connectivity index (χ3v) is 3.96. The minimum absolute atomic E-state index is 0.524. The number of nitrogens with zero attached hydrogens (tertiary/aromatic N) is 1. The molecule has 3 nitrogen and oxygen atoms in total. The predicted octanol–water partition coefficient (Wildman–Crippen LogP) is 3.44. The summed E-state index contributed by atoms with van der Waals surface area (Å²) >= 11 is 0. The lowest BCUT2D eigenvalue weighted by Gasteiger charge is -2.28. The van der Waals surface area contributed by atoms with E-state index in [0.29, 0.717) is 22.4 Å². The third kappa shape index (κ3) is 2.63. The second-order valence-corrected chi connectivity index (χ2v) is 5.35. The molecule has 0 aliphatic rings. The summed E-state index contributed by atoms with van der Waals surface area (Å²) in [4.78, 5) is 0. The van der Waals surface area contributed by atoms with Gasteiger partial charge in [0.2, 0.25) is 0 Å². The van der Waals surface area contributed by atoms with Crippen LogP contribution in [0.5, 0.6) is 5.75 Å². The van der Waals surface area contributed by atoms with E-state index in [1.807, 2.05) is 32.0 Å². The number of hydrogen-bond acceptors (Lipinski definition) is 3. The van der Waals surface area contributed by atoms with Crippen LogP contribution in [-0.2, 0) is 5.60 Å². The molecule has 0 aromatic heterocycles. The van der Waals surface area contributed by atoms with Crippen molar-refractivity contribution in [3.63, 3.8) is 0 Å². The van der Waals surface area contributed by atoms with Crippen LogP contribution in [0.3, 0.4) is 0 Å². The van der Waals surface area contributed by atoms with Crippen molar-refractivity contribution < 1.29 is 9.84 Å². The highest BCUT2D eigenvalue weighted by Crippen LogP contribution is 2.38. The molecule has 0 saturated heterocycles. The van der Waals surface area contributed by atoms with E-state index in [1.54, 1.807) is 32.2 Å². The van der Waals surface area contributed by atoms with Crippen molar-refractivity contribution in [3.05, 3.63) is 64.2 Å². The zero-order valence-corrected chi connectivity index (χ0v) is 12.8. The van der Waals surface area contributed by atoms with E-state index in [-0.39, 0.29) is 0 Å². The number of ether oxygens (including phenoxy) is 1. The van der Waals surface area contributed by atoms with Gasteiger partial charge in [-0.3, -0.25) is 0 Å². The first-order valence-electron chi connectivity index (χ1n) is 6.79. The molecule has 0 aliphatic carbocycles. The zero-order valence-electron chi connectivity index (χ0n) is 12.8. The van der Waals surface area contributed by atoms with Crippen LogP contribution in [0.4, 0.5) is 0 Å². The van der Waals surface area contributed by atoms with E-state index in [0.717, 1.165) is 11.1 Å². The van der Waals surface area contributed by atoms with Crippen LogP contribution in [0.2, 0.25) is 0 Å². The Kier molecular flexibility index (Phi) is 4.02. The standard InChI is InChI=1S/C18H19NO2/c1-12-8-9-16(17(21-4)13(12)2)18(3,20)15-7-5-6-14(10-15)11-19/h5-10,20H,1-4H3. The largest absolute Gasteiger partial charge is 0.496 e. The van der Waals surface area contributed by atoms with Crippen molar-refractivity contribution in [1.29, 1.82) is 5.26 Å². The molecule has 0 saturated carbocycles. The average molecular weight is 281 g/mol. The maximum atomic E-state index is 11.0. The van der Waals surface area contributed by atoms with Crippen LogP contribution < -0.4 is 4.74 Å².